The third-order valence-electron chi connectivity index (χ3n) is 2.67. The summed E-state index contributed by atoms with van der Waals surface area (Å²) < 4.78 is 29.1. The summed E-state index contributed by atoms with van der Waals surface area (Å²) in [6.07, 6.45) is 1.50. The molecule has 0 amide bonds. The van der Waals surface area contributed by atoms with Crippen LogP contribution < -0.4 is 5.32 Å². The monoisotopic (exact) mass is 263 g/mol. The van der Waals surface area contributed by atoms with E-state index in [0.717, 1.165) is 12.1 Å². The van der Waals surface area contributed by atoms with Gasteiger partial charge in [0, 0.05) is 7.05 Å². The van der Waals surface area contributed by atoms with Gasteiger partial charge in [0.1, 0.15) is 12.0 Å². The lowest BCUT2D eigenvalue weighted by atomic mass is 10.2. The molecule has 0 fully saturated rings. The molecule has 1 N–H and O–H groups in total. The molecule has 0 saturated carbocycles. The van der Waals surface area contributed by atoms with E-state index in [2.05, 4.69) is 15.5 Å². The van der Waals surface area contributed by atoms with Crippen LogP contribution in [0.1, 0.15) is 24.4 Å². The molecule has 0 aliphatic heterocycles. The molecule has 1 aromatic carbocycles. The van der Waals surface area contributed by atoms with Gasteiger partial charge in [0.15, 0.2) is 17.5 Å². The Balaban J connectivity index is 2.30. The largest absolute Gasteiger partial charge is 0.371 e. The number of aromatic nitrogens is 3. The predicted molar refractivity (Wildman–Crippen MR) is 64.1 cm³/mol. The van der Waals surface area contributed by atoms with Crippen molar-refractivity contribution in [3.05, 3.63) is 41.5 Å². The number of rotatable bonds is 3. The Kier molecular flexibility index (Phi) is 3.42. The summed E-state index contributed by atoms with van der Waals surface area (Å²) in [6, 6.07) is 3.23. The minimum atomic E-state index is -0.814. The molecular weight excluding hydrogens is 252 g/mol. The molecule has 0 bridgehead atoms. The Morgan fingerprint density at radius 1 is 1.37 bits per heavy atom. The van der Waals surface area contributed by atoms with E-state index < -0.39 is 17.7 Å². The van der Waals surface area contributed by atoms with Gasteiger partial charge in [0.2, 0.25) is 0 Å². The van der Waals surface area contributed by atoms with E-state index in [1.165, 1.54) is 6.33 Å². The van der Waals surface area contributed by atoms with E-state index in [9.17, 15) is 8.78 Å². The Bertz CT molecular complexity index is 621. The molecular formula is C12H11F2N5. The maximum Gasteiger partial charge on any atom is 0.154 e. The summed E-state index contributed by atoms with van der Waals surface area (Å²) in [4.78, 5) is 0. The van der Waals surface area contributed by atoms with E-state index in [-0.39, 0.29) is 11.3 Å². The fraction of sp³-hybridized carbons (Fsp3) is 0.250. The molecule has 1 unspecified atom stereocenters. The Morgan fingerprint density at radius 3 is 2.47 bits per heavy atom. The van der Waals surface area contributed by atoms with Gasteiger partial charge in [0.25, 0.3) is 0 Å². The number of nitrogens with one attached hydrogen (secondary N) is 1. The average Bonchev–Trinajstić information content (AvgIpc) is 2.79. The van der Waals surface area contributed by atoms with Crippen molar-refractivity contribution in [3.8, 4) is 6.07 Å². The van der Waals surface area contributed by atoms with Crippen molar-refractivity contribution in [2.75, 3.05) is 5.32 Å². The van der Waals surface area contributed by atoms with Crippen molar-refractivity contribution in [1.82, 2.24) is 14.8 Å². The summed E-state index contributed by atoms with van der Waals surface area (Å²) in [5.41, 5.74) is -0.346. The van der Waals surface area contributed by atoms with Crippen LogP contribution in [0.2, 0.25) is 0 Å². The number of hydrogen-bond donors (Lipinski definition) is 1. The zero-order valence-corrected chi connectivity index (χ0v) is 10.4. The summed E-state index contributed by atoms with van der Waals surface area (Å²) in [7, 11) is 1.74. The molecule has 0 aliphatic carbocycles. The average molecular weight is 263 g/mol. The predicted octanol–water partition coefficient (Wildman–Crippen LogP) is 2.14. The van der Waals surface area contributed by atoms with Crippen LogP contribution in [0.15, 0.2) is 18.5 Å². The fourth-order valence-corrected chi connectivity index (χ4v) is 1.74. The molecule has 0 radical (unpaired) electrons. The maximum atomic E-state index is 13.7. The van der Waals surface area contributed by atoms with Gasteiger partial charge >= 0.3 is 0 Å². The number of anilines is 1. The normalized spacial score (nSPS) is 11.9. The summed E-state index contributed by atoms with van der Waals surface area (Å²) in [5, 5.41) is 18.9. The molecule has 1 aromatic heterocycles. The quantitative estimate of drug-likeness (QED) is 0.921. The second-order valence-electron chi connectivity index (χ2n) is 4.09. The standard InChI is InChI=1S/C12H11F2N5/c1-7(12-18-16-6-19(12)2)17-11-9(13)3-8(5-15)4-10(11)14/h3-4,6-7,17H,1-2H3. The van der Waals surface area contributed by atoms with Crippen molar-refractivity contribution in [3.63, 3.8) is 0 Å². The van der Waals surface area contributed by atoms with Crippen LogP contribution in [0.4, 0.5) is 14.5 Å². The SMILES string of the molecule is CC(Nc1c(F)cc(C#N)cc1F)c1nncn1C. The second kappa shape index (κ2) is 5.02. The fourth-order valence-electron chi connectivity index (χ4n) is 1.74. The van der Waals surface area contributed by atoms with Gasteiger partial charge in [-0.25, -0.2) is 8.78 Å². The van der Waals surface area contributed by atoms with Gasteiger partial charge in [-0.1, -0.05) is 0 Å². The third-order valence-corrected chi connectivity index (χ3v) is 2.67. The first kappa shape index (κ1) is 13.0. The Hall–Kier alpha value is -2.49. The van der Waals surface area contributed by atoms with Crippen molar-refractivity contribution < 1.29 is 8.78 Å². The Labute approximate surface area is 108 Å². The summed E-state index contributed by atoms with van der Waals surface area (Å²) in [6.45, 7) is 1.71. The number of hydrogen-bond acceptors (Lipinski definition) is 4. The van der Waals surface area contributed by atoms with E-state index in [4.69, 9.17) is 5.26 Å². The lowest BCUT2D eigenvalue weighted by Gasteiger charge is -2.15. The van der Waals surface area contributed by atoms with Gasteiger partial charge in [0.05, 0.1) is 17.7 Å². The minimum absolute atomic E-state index is 0.0631. The molecule has 0 aliphatic rings. The van der Waals surface area contributed by atoms with Gasteiger partial charge in [-0.3, -0.25) is 0 Å². The molecule has 5 nitrogen and oxygen atoms in total. The van der Waals surface area contributed by atoms with Crippen LogP contribution in [0.25, 0.3) is 0 Å². The molecule has 2 aromatic rings. The smallest absolute Gasteiger partial charge is 0.154 e. The van der Waals surface area contributed by atoms with Gasteiger partial charge in [-0.05, 0) is 19.1 Å². The highest BCUT2D eigenvalue weighted by Gasteiger charge is 2.17. The van der Waals surface area contributed by atoms with Crippen LogP contribution >= 0.6 is 0 Å². The molecule has 0 spiro atoms. The highest BCUT2D eigenvalue weighted by atomic mass is 19.1. The van der Waals surface area contributed by atoms with Crippen LogP contribution in [-0.2, 0) is 7.05 Å². The Morgan fingerprint density at radius 2 is 2.00 bits per heavy atom. The number of halogens is 2. The topological polar surface area (TPSA) is 66.5 Å². The lowest BCUT2D eigenvalue weighted by molar-refractivity contribution is 0.580. The summed E-state index contributed by atoms with van der Waals surface area (Å²) >= 11 is 0. The first-order chi connectivity index (χ1) is 9.02. The van der Waals surface area contributed by atoms with E-state index >= 15 is 0 Å². The highest BCUT2D eigenvalue weighted by Crippen LogP contribution is 2.24. The summed E-state index contributed by atoms with van der Waals surface area (Å²) in [5.74, 6) is -1.08. The number of nitriles is 1. The lowest BCUT2D eigenvalue weighted by Crippen LogP contribution is -2.14. The van der Waals surface area contributed by atoms with Gasteiger partial charge in [-0.15, -0.1) is 10.2 Å². The van der Waals surface area contributed by atoms with Crippen molar-refractivity contribution in [1.29, 1.82) is 5.26 Å². The third kappa shape index (κ3) is 2.52. The van der Waals surface area contributed by atoms with Gasteiger partial charge < -0.3 is 9.88 Å². The van der Waals surface area contributed by atoms with Crippen LogP contribution in [0.3, 0.4) is 0 Å². The van der Waals surface area contributed by atoms with Crippen LogP contribution in [0.5, 0.6) is 0 Å². The molecule has 7 heteroatoms. The number of benzene rings is 1. The molecule has 1 atom stereocenters. The molecule has 2 rings (SSSR count). The number of aryl methyl sites for hydroxylation is 1. The van der Waals surface area contributed by atoms with Crippen LogP contribution in [0, 0.1) is 23.0 Å². The first-order valence-corrected chi connectivity index (χ1v) is 5.52. The molecule has 98 valence electrons. The van der Waals surface area contributed by atoms with Crippen molar-refractivity contribution in [2.24, 2.45) is 7.05 Å². The molecule has 1 heterocycles. The van der Waals surface area contributed by atoms with Gasteiger partial charge in [-0.2, -0.15) is 5.26 Å². The van der Waals surface area contributed by atoms with E-state index in [1.807, 2.05) is 0 Å². The zero-order chi connectivity index (χ0) is 14.0. The molecule has 0 saturated heterocycles. The van der Waals surface area contributed by atoms with E-state index in [1.54, 1.807) is 24.6 Å². The minimum Gasteiger partial charge on any atom is -0.371 e. The van der Waals surface area contributed by atoms with Crippen molar-refractivity contribution in [2.45, 2.75) is 13.0 Å². The first-order valence-electron chi connectivity index (χ1n) is 5.52. The maximum absolute atomic E-state index is 13.7. The number of nitrogens with zero attached hydrogens (tertiary/aromatic N) is 4. The van der Waals surface area contributed by atoms with Crippen LogP contribution in [-0.4, -0.2) is 14.8 Å². The molecule has 19 heavy (non-hydrogen) atoms. The van der Waals surface area contributed by atoms with E-state index in [0.29, 0.717) is 5.82 Å². The van der Waals surface area contributed by atoms with Crippen molar-refractivity contribution >= 4 is 5.69 Å². The highest BCUT2D eigenvalue weighted by molar-refractivity contribution is 5.51. The second-order valence-corrected chi connectivity index (χ2v) is 4.09. The zero-order valence-electron chi connectivity index (χ0n) is 10.4.